The second kappa shape index (κ2) is 5.11. The Kier molecular flexibility index (Phi) is 3.82. The van der Waals surface area contributed by atoms with E-state index in [0.29, 0.717) is 5.56 Å². The molecule has 1 amide bonds. The summed E-state index contributed by atoms with van der Waals surface area (Å²) < 4.78 is 13.2. The number of carbonyl (C=O) groups excluding carboxylic acids is 1. The monoisotopic (exact) mass is 209 g/mol. The lowest BCUT2D eigenvalue weighted by molar-refractivity contribution is -0.117. The van der Waals surface area contributed by atoms with Crippen molar-refractivity contribution in [3.8, 4) is 0 Å². The molecule has 0 aliphatic carbocycles. The summed E-state index contributed by atoms with van der Waals surface area (Å²) in [6.45, 7) is 0. The van der Waals surface area contributed by atoms with Gasteiger partial charge in [-0.2, -0.15) is 0 Å². The molecule has 0 unspecified atom stereocenters. The maximum Gasteiger partial charge on any atom is 0.221 e. The molecule has 80 valence electrons. The minimum Gasteiger partial charge on any atom is -0.369 e. The summed E-state index contributed by atoms with van der Waals surface area (Å²) >= 11 is 0. The second-order valence-electron chi connectivity index (χ2n) is 2.96. The minimum absolute atomic E-state index is 0.137. The SMILES string of the molecule is NNc1ccc(C=CCC(N)=O)cc1F. The number of nitrogens with one attached hydrogen (secondary N) is 1. The number of primary amides is 1. The number of anilines is 1. The summed E-state index contributed by atoms with van der Waals surface area (Å²) in [6.07, 6.45) is 3.33. The van der Waals surface area contributed by atoms with E-state index in [4.69, 9.17) is 11.6 Å². The van der Waals surface area contributed by atoms with Gasteiger partial charge in [0.1, 0.15) is 5.82 Å². The van der Waals surface area contributed by atoms with Crippen LogP contribution in [-0.2, 0) is 4.79 Å². The lowest BCUT2D eigenvalue weighted by Gasteiger charge is -2.01. The number of nitrogens with two attached hydrogens (primary N) is 2. The highest BCUT2D eigenvalue weighted by Gasteiger charge is 1.99. The van der Waals surface area contributed by atoms with Crippen LogP contribution in [0, 0.1) is 5.82 Å². The van der Waals surface area contributed by atoms with Crippen LogP contribution in [0.3, 0.4) is 0 Å². The first-order valence-corrected chi connectivity index (χ1v) is 4.34. The summed E-state index contributed by atoms with van der Waals surface area (Å²) in [7, 11) is 0. The Bertz CT molecular complexity index is 390. The number of carbonyl (C=O) groups is 1. The van der Waals surface area contributed by atoms with Crippen molar-refractivity contribution in [2.24, 2.45) is 11.6 Å². The van der Waals surface area contributed by atoms with E-state index in [2.05, 4.69) is 5.43 Å². The zero-order chi connectivity index (χ0) is 11.3. The molecule has 5 N–H and O–H groups in total. The molecule has 0 fully saturated rings. The first kappa shape index (κ1) is 11.2. The van der Waals surface area contributed by atoms with E-state index in [-0.39, 0.29) is 12.1 Å². The molecule has 5 heteroatoms. The van der Waals surface area contributed by atoms with E-state index in [1.54, 1.807) is 18.2 Å². The number of hydrazine groups is 1. The maximum atomic E-state index is 13.2. The summed E-state index contributed by atoms with van der Waals surface area (Å²) in [6, 6.07) is 4.50. The molecule has 15 heavy (non-hydrogen) atoms. The Hall–Kier alpha value is -1.88. The van der Waals surface area contributed by atoms with Gasteiger partial charge in [0, 0.05) is 6.42 Å². The van der Waals surface area contributed by atoms with Crippen molar-refractivity contribution in [1.29, 1.82) is 0 Å². The summed E-state index contributed by atoms with van der Waals surface area (Å²) in [5.74, 6) is 4.20. The van der Waals surface area contributed by atoms with Crippen LogP contribution in [0.5, 0.6) is 0 Å². The molecule has 0 radical (unpaired) electrons. The predicted molar refractivity (Wildman–Crippen MR) is 57.1 cm³/mol. The van der Waals surface area contributed by atoms with E-state index < -0.39 is 11.7 Å². The fraction of sp³-hybridized carbons (Fsp3) is 0.100. The molecule has 0 spiro atoms. The van der Waals surface area contributed by atoms with Crippen molar-refractivity contribution in [3.63, 3.8) is 0 Å². The number of benzene rings is 1. The van der Waals surface area contributed by atoms with Gasteiger partial charge in [0.2, 0.25) is 5.91 Å². The minimum atomic E-state index is -0.446. The molecule has 0 heterocycles. The Balaban J connectivity index is 2.75. The number of rotatable bonds is 4. The van der Waals surface area contributed by atoms with Crippen molar-refractivity contribution in [3.05, 3.63) is 35.7 Å². The molecule has 0 aliphatic rings. The molecular weight excluding hydrogens is 197 g/mol. The average Bonchev–Trinajstić information content (AvgIpc) is 2.17. The summed E-state index contributed by atoms with van der Waals surface area (Å²) in [4.78, 5) is 10.4. The predicted octanol–water partition coefficient (Wildman–Crippen LogP) is 1.000. The highest BCUT2D eigenvalue weighted by Crippen LogP contribution is 2.15. The normalized spacial score (nSPS) is 10.5. The van der Waals surface area contributed by atoms with Crippen LogP contribution in [0.4, 0.5) is 10.1 Å². The topological polar surface area (TPSA) is 81.1 Å². The fourth-order valence-electron chi connectivity index (χ4n) is 1.06. The zero-order valence-corrected chi connectivity index (χ0v) is 8.03. The molecule has 0 atom stereocenters. The number of hydrogen-bond donors (Lipinski definition) is 3. The van der Waals surface area contributed by atoms with Crippen LogP contribution in [0.1, 0.15) is 12.0 Å². The van der Waals surface area contributed by atoms with Gasteiger partial charge in [-0.3, -0.25) is 10.6 Å². The lowest BCUT2D eigenvalue weighted by atomic mass is 10.1. The standard InChI is InChI=1S/C10H12FN3O/c11-8-6-7(2-1-3-10(12)15)4-5-9(8)14-13/h1-2,4-6,14H,3,13H2,(H2,12,15). The summed E-state index contributed by atoms with van der Waals surface area (Å²) in [5.41, 5.74) is 8.04. The van der Waals surface area contributed by atoms with E-state index in [0.717, 1.165) is 0 Å². The number of amides is 1. The summed E-state index contributed by atoms with van der Waals surface area (Å²) in [5, 5.41) is 0. The van der Waals surface area contributed by atoms with Gasteiger partial charge < -0.3 is 11.2 Å². The Morgan fingerprint density at radius 2 is 2.27 bits per heavy atom. The van der Waals surface area contributed by atoms with Crippen molar-refractivity contribution >= 4 is 17.7 Å². The third kappa shape index (κ3) is 3.40. The van der Waals surface area contributed by atoms with Crippen LogP contribution in [0.2, 0.25) is 0 Å². The molecule has 1 aromatic rings. The van der Waals surface area contributed by atoms with Crippen LogP contribution in [0.15, 0.2) is 24.3 Å². The van der Waals surface area contributed by atoms with E-state index in [1.807, 2.05) is 0 Å². The van der Waals surface area contributed by atoms with Gasteiger partial charge in [-0.05, 0) is 17.7 Å². The third-order valence-electron chi connectivity index (χ3n) is 1.78. The van der Waals surface area contributed by atoms with Crippen LogP contribution < -0.4 is 17.0 Å². The Morgan fingerprint density at radius 1 is 1.53 bits per heavy atom. The van der Waals surface area contributed by atoms with Gasteiger partial charge in [0.25, 0.3) is 0 Å². The van der Waals surface area contributed by atoms with Gasteiger partial charge in [0.05, 0.1) is 5.69 Å². The maximum absolute atomic E-state index is 13.2. The van der Waals surface area contributed by atoms with Gasteiger partial charge in [-0.1, -0.05) is 18.2 Å². The Labute approximate surface area is 86.7 Å². The third-order valence-corrected chi connectivity index (χ3v) is 1.78. The number of halogens is 1. The largest absolute Gasteiger partial charge is 0.369 e. The van der Waals surface area contributed by atoms with Crippen LogP contribution >= 0.6 is 0 Å². The van der Waals surface area contributed by atoms with Crippen molar-refractivity contribution < 1.29 is 9.18 Å². The molecule has 0 aromatic heterocycles. The molecule has 0 saturated heterocycles. The number of nitrogen functional groups attached to an aromatic ring is 1. The van der Waals surface area contributed by atoms with E-state index >= 15 is 0 Å². The highest BCUT2D eigenvalue weighted by molar-refractivity contribution is 5.76. The molecule has 0 bridgehead atoms. The van der Waals surface area contributed by atoms with Crippen molar-refractivity contribution in [1.82, 2.24) is 0 Å². The van der Waals surface area contributed by atoms with E-state index in [9.17, 15) is 9.18 Å². The van der Waals surface area contributed by atoms with Gasteiger partial charge >= 0.3 is 0 Å². The van der Waals surface area contributed by atoms with E-state index in [1.165, 1.54) is 12.1 Å². The first-order valence-electron chi connectivity index (χ1n) is 4.34. The van der Waals surface area contributed by atoms with Gasteiger partial charge in [-0.15, -0.1) is 0 Å². The van der Waals surface area contributed by atoms with Crippen LogP contribution in [0.25, 0.3) is 6.08 Å². The molecule has 0 aliphatic heterocycles. The average molecular weight is 209 g/mol. The zero-order valence-electron chi connectivity index (χ0n) is 8.03. The van der Waals surface area contributed by atoms with Crippen molar-refractivity contribution in [2.75, 3.05) is 5.43 Å². The number of hydrogen-bond acceptors (Lipinski definition) is 3. The smallest absolute Gasteiger partial charge is 0.221 e. The van der Waals surface area contributed by atoms with Crippen molar-refractivity contribution in [2.45, 2.75) is 6.42 Å². The fourth-order valence-corrected chi connectivity index (χ4v) is 1.06. The quantitative estimate of drug-likeness (QED) is 0.511. The highest BCUT2D eigenvalue weighted by atomic mass is 19.1. The lowest BCUT2D eigenvalue weighted by Crippen LogP contribution is -2.08. The second-order valence-corrected chi connectivity index (χ2v) is 2.96. The molecular formula is C10H12FN3O. The van der Waals surface area contributed by atoms with Gasteiger partial charge in [0.15, 0.2) is 0 Å². The Morgan fingerprint density at radius 3 is 2.80 bits per heavy atom. The molecule has 0 saturated carbocycles. The van der Waals surface area contributed by atoms with Gasteiger partial charge in [-0.25, -0.2) is 4.39 Å². The molecule has 1 aromatic carbocycles. The first-order chi connectivity index (χ1) is 7.13. The molecule has 4 nitrogen and oxygen atoms in total. The van der Waals surface area contributed by atoms with Crippen LogP contribution in [-0.4, -0.2) is 5.91 Å². The molecule has 1 rings (SSSR count).